The first-order valence-electron chi connectivity index (χ1n) is 6.18. The largest absolute Gasteiger partial charge is 0.291 e. The lowest BCUT2D eigenvalue weighted by atomic mass is 10.0. The van der Waals surface area contributed by atoms with Gasteiger partial charge in [0, 0.05) is 18.0 Å². The van der Waals surface area contributed by atoms with E-state index >= 15 is 0 Å². The maximum Gasteiger partial charge on any atom is 0.261 e. The van der Waals surface area contributed by atoms with Gasteiger partial charge in [0.2, 0.25) is 0 Å². The van der Waals surface area contributed by atoms with E-state index in [2.05, 4.69) is 12.1 Å². The van der Waals surface area contributed by atoms with Crippen molar-refractivity contribution in [2.45, 2.75) is 0 Å². The van der Waals surface area contributed by atoms with Gasteiger partial charge in [-0.1, -0.05) is 42.5 Å². The van der Waals surface area contributed by atoms with Crippen LogP contribution in [0.5, 0.6) is 0 Å². The molecule has 0 atom stereocenters. The molecule has 0 aliphatic rings. The number of nitrogens with zero attached hydrogens (tertiary/aromatic N) is 1. The average molecular weight is 247 g/mol. The van der Waals surface area contributed by atoms with E-state index in [-0.39, 0.29) is 5.91 Å². The molecule has 0 saturated carbocycles. The van der Waals surface area contributed by atoms with Gasteiger partial charge in [0.15, 0.2) is 0 Å². The smallest absolute Gasteiger partial charge is 0.261 e. The highest BCUT2D eigenvalue weighted by molar-refractivity contribution is 5.96. The van der Waals surface area contributed by atoms with Crippen LogP contribution in [0.15, 0.2) is 79.1 Å². The van der Waals surface area contributed by atoms with Crippen molar-refractivity contribution < 1.29 is 4.79 Å². The maximum atomic E-state index is 12.1. The normalized spacial score (nSPS) is 10.3. The lowest BCUT2D eigenvalue weighted by Crippen LogP contribution is -2.09. The van der Waals surface area contributed by atoms with Crippen molar-refractivity contribution in [3.8, 4) is 11.1 Å². The Balaban J connectivity index is 1.90. The van der Waals surface area contributed by atoms with E-state index in [9.17, 15) is 4.79 Å². The van der Waals surface area contributed by atoms with Gasteiger partial charge in [-0.3, -0.25) is 9.36 Å². The third kappa shape index (κ3) is 2.33. The van der Waals surface area contributed by atoms with E-state index in [1.54, 1.807) is 17.0 Å². The molecule has 92 valence electrons. The van der Waals surface area contributed by atoms with E-state index in [4.69, 9.17) is 0 Å². The van der Waals surface area contributed by atoms with Gasteiger partial charge >= 0.3 is 0 Å². The highest BCUT2D eigenvalue weighted by Gasteiger charge is 2.06. The fourth-order valence-corrected chi connectivity index (χ4v) is 2.05. The number of aromatic nitrogens is 1. The molecule has 0 saturated heterocycles. The van der Waals surface area contributed by atoms with Gasteiger partial charge < -0.3 is 0 Å². The zero-order valence-electron chi connectivity index (χ0n) is 10.4. The van der Waals surface area contributed by atoms with Crippen molar-refractivity contribution in [3.05, 3.63) is 84.7 Å². The van der Waals surface area contributed by atoms with Gasteiger partial charge in [0.1, 0.15) is 0 Å². The van der Waals surface area contributed by atoms with Crippen LogP contribution < -0.4 is 0 Å². The highest BCUT2D eigenvalue weighted by atomic mass is 16.2. The molecule has 2 nitrogen and oxygen atoms in total. The minimum Gasteiger partial charge on any atom is -0.291 e. The molecule has 0 spiro atoms. The van der Waals surface area contributed by atoms with Crippen LogP contribution in [0.1, 0.15) is 10.4 Å². The zero-order valence-corrected chi connectivity index (χ0v) is 10.4. The van der Waals surface area contributed by atoms with Crippen molar-refractivity contribution >= 4 is 5.91 Å². The highest BCUT2D eigenvalue weighted by Crippen LogP contribution is 2.19. The zero-order chi connectivity index (χ0) is 13.1. The summed E-state index contributed by atoms with van der Waals surface area (Å²) in [4.78, 5) is 12.1. The summed E-state index contributed by atoms with van der Waals surface area (Å²) in [7, 11) is 0. The standard InChI is InChI=1S/C17H13NO/c19-17(18-12-4-5-13-18)16-10-8-15(9-11-16)14-6-2-1-3-7-14/h1-13H. The predicted molar refractivity (Wildman–Crippen MR) is 76.0 cm³/mol. The van der Waals surface area contributed by atoms with Crippen LogP contribution in [-0.2, 0) is 0 Å². The van der Waals surface area contributed by atoms with Crippen LogP contribution in [0.3, 0.4) is 0 Å². The van der Waals surface area contributed by atoms with Crippen molar-refractivity contribution in [2.24, 2.45) is 0 Å². The van der Waals surface area contributed by atoms with Crippen LogP contribution in [0.4, 0.5) is 0 Å². The summed E-state index contributed by atoms with van der Waals surface area (Å²) in [5, 5.41) is 0. The van der Waals surface area contributed by atoms with Gasteiger partial charge in [0.25, 0.3) is 5.91 Å². The fourth-order valence-electron chi connectivity index (χ4n) is 2.05. The second kappa shape index (κ2) is 4.94. The Hall–Kier alpha value is -2.61. The van der Waals surface area contributed by atoms with Crippen molar-refractivity contribution in [2.75, 3.05) is 0 Å². The molecule has 2 aromatic carbocycles. The third-order valence-corrected chi connectivity index (χ3v) is 3.08. The van der Waals surface area contributed by atoms with Gasteiger partial charge in [-0.2, -0.15) is 0 Å². The second-order valence-electron chi connectivity index (χ2n) is 4.34. The molecule has 0 unspecified atom stereocenters. The Kier molecular flexibility index (Phi) is 2.99. The fraction of sp³-hybridized carbons (Fsp3) is 0. The summed E-state index contributed by atoms with van der Waals surface area (Å²) in [6.45, 7) is 0. The summed E-state index contributed by atoms with van der Waals surface area (Å²) < 4.78 is 1.58. The molecule has 0 aliphatic heterocycles. The van der Waals surface area contributed by atoms with E-state index in [0.717, 1.165) is 11.1 Å². The van der Waals surface area contributed by atoms with Crippen LogP contribution in [0.2, 0.25) is 0 Å². The first-order chi connectivity index (χ1) is 9.34. The Bertz CT molecular complexity index is 667. The quantitative estimate of drug-likeness (QED) is 0.674. The van der Waals surface area contributed by atoms with Gasteiger partial charge in [0.05, 0.1) is 0 Å². The molecule has 0 amide bonds. The Labute approximate surface area is 111 Å². The van der Waals surface area contributed by atoms with Crippen LogP contribution >= 0.6 is 0 Å². The number of rotatable bonds is 2. The van der Waals surface area contributed by atoms with Gasteiger partial charge in [-0.05, 0) is 35.4 Å². The van der Waals surface area contributed by atoms with Gasteiger partial charge in [-0.15, -0.1) is 0 Å². The lowest BCUT2D eigenvalue weighted by molar-refractivity contribution is 0.0960. The van der Waals surface area contributed by atoms with E-state index in [0.29, 0.717) is 5.56 Å². The Morgan fingerprint density at radius 1 is 0.684 bits per heavy atom. The Morgan fingerprint density at radius 2 is 1.26 bits per heavy atom. The Morgan fingerprint density at radius 3 is 1.89 bits per heavy atom. The number of hydrogen-bond acceptors (Lipinski definition) is 1. The van der Waals surface area contributed by atoms with Crippen molar-refractivity contribution in [1.82, 2.24) is 4.57 Å². The summed E-state index contributed by atoms with van der Waals surface area (Å²) in [5.74, 6) is -0.00962. The molecule has 0 fully saturated rings. The topological polar surface area (TPSA) is 22.0 Å². The predicted octanol–water partition coefficient (Wildman–Crippen LogP) is 3.84. The summed E-state index contributed by atoms with van der Waals surface area (Å²) in [6.07, 6.45) is 3.51. The minimum absolute atomic E-state index is 0.00962. The van der Waals surface area contributed by atoms with E-state index < -0.39 is 0 Å². The first kappa shape index (κ1) is 11.5. The second-order valence-corrected chi connectivity index (χ2v) is 4.34. The van der Waals surface area contributed by atoms with Crippen LogP contribution in [0, 0.1) is 0 Å². The maximum absolute atomic E-state index is 12.1. The summed E-state index contributed by atoms with van der Waals surface area (Å²) >= 11 is 0. The third-order valence-electron chi connectivity index (χ3n) is 3.08. The molecule has 2 heteroatoms. The summed E-state index contributed by atoms with van der Waals surface area (Å²) in [5.41, 5.74) is 2.96. The van der Waals surface area contributed by atoms with Crippen molar-refractivity contribution in [1.29, 1.82) is 0 Å². The van der Waals surface area contributed by atoms with Crippen molar-refractivity contribution in [3.63, 3.8) is 0 Å². The molecule has 1 aromatic heterocycles. The summed E-state index contributed by atoms with van der Waals surface area (Å²) in [6, 6.07) is 21.5. The molecule has 1 heterocycles. The molecule has 3 aromatic rings. The number of hydrogen-bond donors (Lipinski definition) is 0. The molecule has 0 aliphatic carbocycles. The van der Waals surface area contributed by atoms with Gasteiger partial charge in [-0.25, -0.2) is 0 Å². The molecule has 0 N–H and O–H groups in total. The molecular weight excluding hydrogens is 234 g/mol. The number of carbonyl (C=O) groups excluding carboxylic acids is 1. The number of benzene rings is 2. The lowest BCUT2D eigenvalue weighted by Gasteiger charge is -2.04. The van der Waals surface area contributed by atoms with Crippen LogP contribution in [-0.4, -0.2) is 10.5 Å². The minimum atomic E-state index is -0.00962. The van der Waals surface area contributed by atoms with E-state index in [1.807, 2.05) is 54.6 Å². The molecular formula is C17H13NO. The number of carbonyl (C=O) groups is 1. The SMILES string of the molecule is O=C(c1ccc(-c2ccccc2)cc1)n1cccc1. The molecule has 3 rings (SSSR count). The average Bonchev–Trinajstić information content (AvgIpc) is 3.02. The van der Waals surface area contributed by atoms with E-state index in [1.165, 1.54) is 0 Å². The first-order valence-corrected chi connectivity index (χ1v) is 6.18. The molecule has 19 heavy (non-hydrogen) atoms. The van der Waals surface area contributed by atoms with Crippen LogP contribution in [0.25, 0.3) is 11.1 Å². The molecule has 0 bridgehead atoms. The molecule has 0 radical (unpaired) electrons. The monoisotopic (exact) mass is 247 g/mol.